The summed E-state index contributed by atoms with van der Waals surface area (Å²) in [4.78, 5) is 11.6. The van der Waals surface area contributed by atoms with Crippen LogP contribution in [0.15, 0.2) is 11.6 Å². The van der Waals surface area contributed by atoms with E-state index in [1.807, 2.05) is 13.8 Å². The number of hydrogen-bond acceptors (Lipinski definition) is 3. The average molecular weight is 240 g/mol. The zero-order valence-corrected chi connectivity index (χ0v) is 11.2. The highest BCUT2D eigenvalue weighted by Gasteiger charge is 2.36. The highest BCUT2D eigenvalue weighted by Crippen LogP contribution is 2.39. The number of allylic oxidation sites excluding steroid dienone is 1. The van der Waals surface area contributed by atoms with Gasteiger partial charge >= 0.3 is 5.97 Å². The summed E-state index contributed by atoms with van der Waals surface area (Å²) in [5.41, 5.74) is 0.344. The van der Waals surface area contributed by atoms with E-state index in [1.165, 1.54) is 12.8 Å². The minimum Gasteiger partial charge on any atom is -0.462 e. The van der Waals surface area contributed by atoms with Crippen LogP contribution in [0.5, 0.6) is 0 Å². The van der Waals surface area contributed by atoms with Crippen molar-refractivity contribution in [3.8, 4) is 0 Å². The van der Waals surface area contributed by atoms with Gasteiger partial charge < -0.3 is 9.84 Å². The van der Waals surface area contributed by atoms with Crippen LogP contribution < -0.4 is 0 Å². The van der Waals surface area contributed by atoms with E-state index in [-0.39, 0.29) is 18.0 Å². The average Bonchev–Trinajstić information content (AvgIpc) is 2.88. The molecule has 0 bridgehead atoms. The summed E-state index contributed by atoms with van der Waals surface area (Å²) >= 11 is 0. The van der Waals surface area contributed by atoms with E-state index in [4.69, 9.17) is 4.74 Å². The van der Waals surface area contributed by atoms with Crippen molar-refractivity contribution in [2.45, 2.75) is 46.5 Å². The monoisotopic (exact) mass is 240 g/mol. The molecular formula is C14H24O3. The van der Waals surface area contributed by atoms with Gasteiger partial charge in [-0.05, 0) is 32.6 Å². The summed E-state index contributed by atoms with van der Waals surface area (Å²) in [6, 6.07) is 0. The number of ether oxygens (including phenoxy) is 1. The molecule has 0 aromatic heterocycles. The molecule has 1 saturated carbocycles. The molecule has 17 heavy (non-hydrogen) atoms. The minimum atomic E-state index is -0.278. The van der Waals surface area contributed by atoms with Crippen molar-refractivity contribution in [3.63, 3.8) is 0 Å². The summed E-state index contributed by atoms with van der Waals surface area (Å²) in [6.45, 7) is 5.98. The van der Waals surface area contributed by atoms with Gasteiger partial charge in [0, 0.05) is 11.0 Å². The molecule has 98 valence electrons. The first-order chi connectivity index (χ1) is 8.03. The molecule has 3 heteroatoms. The van der Waals surface area contributed by atoms with E-state index in [0.29, 0.717) is 18.1 Å². The van der Waals surface area contributed by atoms with Crippen LogP contribution in [0, 0.1) is 11.3 Å². The molecule has 0 radical (unpaired) electrons. The molecule has 0 aliphatic heterocycles. The lowest BCUT2D eigenvalue weighted by Gasteiger charge is -2.33. The Hall–Kier alpha value is -0.830. The quantitative estimate of drug-likeness (QED) is 0.593. The van der Waals surface area contributed by atoms with Crippen LogP contribution in [0.25, 0.3) is 0 Å². The molecular weight excluding hydrogens is 216 g/mol. The highest BCUT2D eigenvalue weighted by atomic mass is 16.5. The molecule has 1 aliphatic rings. The minimum absolute atomic E-state index is 0.0832. The first-order valence-corrected chi connectivity index (χ1v) is 6.44. The number of aliphatic hydroxyl groups is 1. The van der Waals surface area contributed by atoms with E-state index < -0.39 is 0 Å². The Kier molecular flexibility index (Phi) is 5.19. The van der Waals surface area contributed by atoms with Crippen LogP contribution >= 0.6 is 0 Å². The normalized spacial score (nSPS) is 21.3. The Morgan fingerprint density at radius 2 is 2.06 bits per heavy atom. The number of carbonyl (C=O) groups excluding carboxylic acids is 1. The molecule has 1 aliphatic carbocycles. The SMILES string of the molecule is CC=C(C)C(=O)OCC(C)(CO)C1CCCC1. The van der Waals surface area contributed by atoms with Crippen LogP contribution in [0.3, 0.4) is 0 Å². The molecule has 0 aromatic carbocycles. The van der Waals surface area contributed by atoms with Gasteiger partial charge in [0.2, 0.25) is 0 Å². The van der Waals surface area contributed by atoms with Crippen molar-refractivity contribution in [1.29, 1.82) is 0 Å². The van der Waals surface area contributed by atoms with E-state index in [2.05, 4.69) is 0 Å². The second kappa shape index (κ2) is 6.20. The largest absolute Gasteiger partial charge is 0.462 e. The molecule has 1 fully saturated rings. The molecule has 0 saturated heterocycles. The zero-order chi connectivity index (χ0) is 12.9. The summed E-state index contributed by atoms with van der Waals surface area (Å²) in [7, 11) is 0. The fourth-order valence-electron chi connectivity index (χ4n) is 2.38. The number of rotatable bonds is 5. The smallest absolute Gasteiger partial charge is 0.333 e. The predicted molar refractivity (Wildman–Crippen MR) is 67.5 cm³/mol. The fraction of sp³-hybridized carbons (Fsp3) is 0.786. The highest BCUT2D eigenvalue weighted by molar-refractivity contribution is 5.87. The molecule has 0 amide bonds. The van der Waals surface area contributed by atoms with Crippen LogP contribution in [-0.2, 0) is 9.53 Å². The number of hydrogen-bond donors (Lipinski definition) is 1. The summed E-state index contributed by atoms with van der Waals surface area (Å²) in [5, 5.41) is 9.55. The second-order valence-electron chi connectivity index (χ2n) is 5.34. The first-order valence-electron chi connectivity index (χ1n) is 6.44. The van der Waals surface area contributed by atoms with Gasteiger partial charge in [-0.25, -0.2) is 4.79 Å². The maximum Gasteiger partial charge on any atom is 0.333 e. The van der Waals surface area contributed by atoms with Crippen molar-refractivity contribution in [1.82, 2.24) is 0 Å². The molecule has 1 rings (SSSR count). The van der Waals surface area contributed by atoms with Gasteiger partial charge in [-0.1, -0.05) is 25.8 Å². The van der Waals surface area contributed by atoms with E-state index in [0.717, 1.165) is 12.8 Å². The van der Waals surface area contributed by atoms with Gasteiger partial charge in [0.25, 0.3) is 0 Å². The Morgan fingerprint density at radius 1 is 1.47 bits per heavy atom. The van der Waals surface area contributed by atoms with Gasteiger partial charge in [-0.2, -0.15) is 0 Å². The third kappa shape index (κ3) is 3.56. The Balaban J connectivity index is 2.54. The molecule has 0 aromatic rings. The van der Waals surface area contributed by atoms with Crippen LogP contribution in [0.2, 0.25) is 0 Å². The standard InChI is InChI=1S/C14H24O3/c1-4-11(2)13(16)17-10-14(3,9-15)12-7-5-6-8-12/h4,12,15H,5-10H2,1-3H3. The summed E-state index contributed by atoms with van der Waals surface area (Å²) < 4.78 is 5.30. The lowest BCUT2D eigenvalue weighted by Crippen LogP contribution is -2.35. The van der Waals surface area contributed by atoms with Gasteiger partial charge in [0.1, 0.15) is 0 Å². The molecule has 1 atom stereocenters. The Morgan fingerprint density at radius 3 is 2.53 bits per heavy atom. The fourth-order valence-corrected chi connectivity index (χ4v) is 2.38. The maximum atomic E-state index is 11.6. The first kappa shape index (κ1) is 14.2. The van der Waals surface area contributed by atoms with Gasteiger partial charge in [0.05, 0.1) is 13.2 Å². The van der Waals surface area contributed by atoms with Crippen LogP contribution in [0.4, 0.5) is 0 Å². The molecule has 3 nitrogen and oxygen atoms in total. The second-order valence-corrected chi connectivity index (χ2v) is 5.34. The molecule has 1 unspecified atom stereocenters. The van der Waals surface area contributed by atoms with Gasteiger partial charge in [0.15, 0.2) is 0 Å². The summed E-state index contributed by atoms with van der Waals surface area (Å²) in [5.74, 6) is 0.205. The molecule has 1 N–H and O–H groups in total. The number of aliphatic hydroxyl groups excluding tert-OH is 1. The summed E-state index contributed by atoms with van der Waals surface area (Å²) in [6.07, 6.45) is 6.47. The van der Waals surface area contributed by atoms with E-state index >= 15 is 0 Å². The van der Waals surface area contributed by atoms with Gasteiger partial charge in [-0.3, -0.25) is 0 Å². The van der Waals surface area contributed by atoms with Gasteiger partial charge in [-0.15, -0.1) is 0 Å². The molecule has 0 heterocycles. The van der Waals surface area contributed by atoms with E-state index in [9.17, 15) is 9.90 Å². The number of carbonyl (C=O) groups is 1. The Bertz CT molecular complexity index is 290. The van der Waals surface area contributed by atoms with Crippen molar-refractivity contribution in [2.75, 3.05) is 13.2 Å². The van der Waals surface area contributed by atoms with Crippen LogP contribution in [-0.4, -0.2) is 24.3 Å². The Labute approximate surface area is 104 Å². The third-order valence-corrected chi connectivity index (χ3v) is 3.99. The zero-order valence-electron chi connectivity index (χ0n) is 11.2. The lowest BCUT2D eigenvalue weighted by atomic mass is 9.77. The topological polar surface area (TPSA) is 46.5 Å². The maximum absolute atomic E-state index is 11.6. The predicted octanol–water partition coefficient (Wildman–Crippen LogP) is 2.68. The van der Waals surface area contributed by atoms with Crippen molar-refractivity contribution < 1.29 is 14.6 Å². The third-order valence-electron chi connectivity index (χ3n) is 3.99. The van der Waals surface area contributed by atoms with E-state index in [1.54, 1.807) is 13.0 Å². The van der Waals surface area contributed by atoms with Crippen molar-refractivity contribution >= 4 is 5.97 Å². The van der Waals surface area contributed by atoms with Crippen LogP contribution in [0.1, 0.15) is 46.5 Å². The van der Waals surface area contributed by atoms with Crippen molar-refractivity contribution in [3.05, 3.63) is 11.6 Å². The lowest BCUT2D eigenvalue weighted by molar-refractivity contribution is -0.144. The van der Waals surface area contributed by atoms with Crippen molar-refractivity contribution in [2.24, 2.45) is 11.3 Å². The number of esters is 1. The molecule has 0 spiro atoms.